The fraction of sp³-hybridized carbons (Fsp3) is 0.789. The van der Waals surface area contributed by atoms with Crippen LogP contribution in [0.15, 0.2) is 12.2 Å². The highest BCUT2D eigenvalue weighted by atomic mass is 16.6. The number of carboxylic acids is 1. The number of hydrogen-bond donors (Lipinski definition) is 1. The number of hydrogen-bond acceptors (Lipinski definition) is 3. The van der Waals surface area contributed by atoms with Crippen molar-refractivity contribution in [3.05, 3.63) is 12.2 Å². The molecule has 124 valence electrons. The van der Waals surface area contributed by atoms with Crippen LogP contribution in [0.3, 0.4) is 0 Å². The molecule has 4 aliphatic carbocycles. The molecule has 1 saturated heterocycles. The Labute approximate surface area is 136 Å². The Morgan fingerprint density at radius 1 is 1.35 bits per heavy atom. The predicted octanol–water partition coefficient (Wildman–Crippen LogP) is 3.17. The number of ether oxygens (including phenoxy) is 1. The van der Waals surface area contributed by atoms with Crippen molar-refractivity contribution in [2.45, 2.75) is 57.5 Å². The van der Waals surface area contributed by atoms with Crippen LogP contribution in [0.4, 0.5) is 0 Å². The molecule has 4 nitrogen and oxygen atoms in total. The maximum Gasteiger partial charge on any atom is 0.312 e. The lowest BCUT2D eigenvalue weighted by Gasteiger charge is -2.43. The maximum atomic E-state index is 12.7. The lowest BCUT2D eigenvalue weighted by Crippen LogP contribution is -2.47. The van der Waals surface area contributed by atoms with E-state index in [4.69, 9.17) is 4.74 Å². The first-order valence-electron chi connectivity index (χ1n) is 8.99. The third-order valence-electron chi connectivity index (χ3n) is 8.29. The molecular weight excluding hydrogens is 292 g/mol. The lowest BCUT2D eigenvalue weighted by molar-refractivity contribution is -0.160. The van der Waals surface area contributed by atoms with Gasteiger partial charge in [-0.25, -0.2) is 0 Å². The van der Waals surface area contributed by atoms with Gasteiger partial charge >= 0.3 is 11.9 Å². The number of aliphatic carboxylic acids is 1. The van der Waals surface area contributed by atoms with Crippen molar-refractivity contribution < 1.29 is 19.4 Å². The molecule has 7 unspecified atom stereocenters. The molecule has 1 heterocycles. The first kappa shape index (κ1) is 14.1. The quantitative estimate of drug-likeness (QED) is 0.596. The van der Waals surface area contributed by atoms with Gasteiger partial charge in [0.05, 0.1) is 11.3 Å². The smallest absolute Gasteiger partial charge is 0.312 e. The van der Waals surface area contributed by atoms with E-state index in [1.165, 1.54) is 5.57 Å². The molecular formula is C19H24O4. The summed E-state index contributed by atoms with van der Waals surface area (Å²) in [4.78, 5) is 25.0. The second-order valence-electron chi connectivity index (χ2n) is 9.01. The molecule has 1 N–H and O–H groups in total. The Balaban J connectivity index is 1.75. The highest BCUT2D eigenvalue weighted by Crippen LogP contribution is 2.77. The molecule has 1 aliphatic heterocycles. The molecule has 4 bridgehead atoms. The zero-order valence-corrected chi connectivity index (χ0v) is 13.6. The van der Waals surface area contributed by atoms with Gasteiger partial charge in [-0.15, -0.1) is 0 Å². The summed E-state index contributed by atoms with van der Waals surface area (Å²) >= 11 is 0. The zero-order chi connectivity index (χ0) is 16.2. The average Bonchev–Trinajstić information content (AvgIpc) is 2.92. The SMILES string of the molecule is C=C1CC23CC1CCC2C12CCCC(C)(C(=O)O1)C2C3C(=O)O. The third-order valence-corrected chi connectivity index (χ3v) is 8.29. The molecule has 0 radical (unpaired) electrons. The summed E-state index contributed by atoms with van der Waals surface area (Å²) in [5.74, 6) is -0.771. The largest absolute Gasteiger partial charge is 0.481 e. The Hall–Kier alpha value is -1.32. The van der Waals surface area contributed by atoms with E-state index < -0.39 is 22.9 Å². The first-order chi connectivity index (χ1) is 10.9. The van der Waals surface area contributed by atoms with Crippen LogP contribution >= 0.6 is 0 Å². The first-order valence-corrected chi connectivity index (χ1v) is 8.99. The molecule has 1 spiro atoms. The zero-order valence-electron chi connectivity index (χ0n) is 13.6. The minimum atomic E-state index is -0.719. The fourth-order valence-corrected chi connectivity index (χ4v) is 7.70. The highest BCUT2D eigenvalue weighted by molar-refractivity contribution is 5.84. The second kappa shape index (κ2) is 3.84. The summed E-state index contributed by atoms with van der Waals surface area (Å²) in [7, 11) is 0. The van der Waals surface area contributed by atoms with Crippen molar-refractivity contribution in [1.82, 2.24) is 0 Å². The van der Waals surface area contributed by atoms with E-state index in [-0.39, 0.29) is 23.2 Å². The highest BCUT2D eigenvalue weighted by Gasteiger charge is 2.81. The second-order valence-corrected chi connectivity index (χ2v) is 9.01. The van der Waals surface area contributed by atoms with E-state index in [0.29, 0.717) is 5.92 Å². The van der Waals surface area contributed by atoms with Crippen molar-refractivity contribution in [3.8, 4) is 0 Å². The van der Waals surface area contributed by atoms with Gasteiger partial charge in [-0.3, -0.25) is 9.59 Å². The fourth-order valence-electron chi connectivity index (χ4n) is 7.70. The normalized spacial score (nSPS) is 56.2. The molecule has 4 saturated carbocycles. The Morgan fingerprint density at radius 2 is 2.13 bits per heavy atom. The van der Waals surface area contributed by atoms with Gasteiger partial charge in [0.1, 0.15) is 5.60 Å². The molecule has 7 atom stereocenters. The standard InChI is InChI=1S/C19H24O4/c1-10-8-18-9-11(10)4-5-12(18)19-7-3-6-17(2,16(22)23-19)14(19)13(18)15(20)21/h11-14H,1,3-9H2,2H3,(H,20,21). The summed E-state index contributed by atoms with van der Waals surface area (Å²) in [5.41, 5.74) is -0.0978. The van der Waals surface area contributed by atoms with E-state index in [1.54, 1.807) is 0 Å². The summed E-state index contributed by atoms with van der Waals surface area (Å²) in [6.07, 6.45) is 6.45. The van der Waals surface area contributed by atoms with E-state index in [2.05, 4.69) is 6.58 Å². The van der Waals surface area contributed by atoms with Gasteiger partial charge in [0.15, 0.2) is 0 Å². The molecule has 5 fully saturated rings. The number of carbonyl (C=O) groups excluding carboxylic acids is 1. The number of fused-ring (bicyclic) bond motifs is 1. The monoisotopic (exact) mass is 316 g/mol. The van der Waals surface area contributed by atoms with Gasteiger partial charge in [-0.05, 0) is 63.2 Å². The summed E-state index contributed by atoms with van der Waals surface area (Å²) in [5, 5.41) is 10.2. The van der Waals surface area contributed by atoms with Crippen molar-refractivity contribution in [1.29, 1.82) is 0 Å². The van der Waals surface area contributed by atoms with Gasteiger partial charge < -0.3 is 9.84 Å². The van der Waals surface area contributed by atoms with Gasteiger partial charge in [-0.2, -0.15) is 0 Å². The van der Waals surface area contributed by atoms with Gasteiger partial charge in [0, 0.05) is 11.8 Å². The van der Waals surface area contributed by atoms with Crippen LogP contribution in [0.2, 0.25) is 0 Å². The van der Waals surface area contributed by atoms with Crippen molar-refractivity contribution in [2.75, 3.05) is 0 Å². The van der Waals surface area contributed by atoms with Crippen molar-refractivity contribution in [3.63, 3.8) is 0 Å². The Bertz CT molecular complexity index is 654. The van der Waals surface area contributed by atoms with Gasteiger partial charge in [0.2, 0.25) is 0 Å². The van der Waals surface area contributed by atoms with E-state index in [1.807, 2.05) is 6.92 Å². The number of allylic oxidation sites excluding steroid dienone is 1. The molecule has 23 heavy (non-hydrogen) atoms. The third kappa shape index (κ3) is 1.29. The van der Waals surface area contributed by atoms with Crippen LogP contribution in [0.25, 0.3) is 0 Å². The average molecular weight is 316 g/mol. The Morgan fingerprint density at radius 3 is 2.87 bits per heavy atom. The number of rotatable bonds is 1. The van der Waals surface area contributed by atoms with E-state index in [9.17, 15) is 14.7 Å². The number of carboxylic acid groups (broad SMARTS) is 1. The summed E-state index contributed by atoms with van der Waals surface area (Å²) < 4.78 is 6.10. The minimum Gasteiger partial charge on any atom is -0.481 e. The summed E-state index contributed by atoms with van der Waals surface area (Å²) in [6, 6.07) is 0. The summed E-state index contributed by atoms with van der Waals surface area (Å²) in [6.45, 7) is 6.22. The topological polar surface area (TPSA) is 63.6 Å². The number of esters is 1. The van der Waals surface area contributed by atoms with Gasteiger partial charge in [-0.1, -0.05) is 12.2 Å². The molecule has 4 heteroatoms. The lowest BCUT2D eigenvalue weighted by atomic mass is 9.60. The van der Waals surface area contributed by atoms with Crippen molar-refractivity contribution in [2.24, 2.45) is 34.5 Å². The van der Waals surface area contributed by atoms with Gasteiger partial charge in [0.25, 0.3) is 0 Å². The molecule has 5 rings (SSSR count). The molecule has 0 amide bonds. The van der Waals surface area contributed by atoms with Crippen LogP contribution < -0.4 is 0 Å². The molecule has 0 aromatic rings. The minimum absolute atomic E-state index is 0.139. The van der Waals surface area contributed by atoms with Crippen LogP contribution in [0, 0.1) is 34.5 Å². The molecule has 0 aromatic heterocycles. The van der Waals surface area contributed by atoms with Crippen LogP contribution in [-0.2, 0) is 14.3 Å². The molecule has 5 aliphatic rings. The Kier molecular flexibility index (Phi) is 2.35. The van der Waals surface area contributed by atoms with Crippen molar-refractivity contribution >= 4 is 11.9 Å². The van der Waals surface area contributed by atoms with E-state index in [0.717, 1.165) is 44.9 Å². The number of carbonyl (C=O) groups is 2. The van der Waals surface area contributed by atoms with E-state index >= 15 is 0 Å². The van der Waals surface area contributed by atoms with Crippen LogP contribution in [0.1, 0.15) is 51.9 Å². The van der Waals surface area contributed by atoms with Crippen LogP contribution in [-0.4, -0.2) is 22.6 Å². The van der Waals surface area contributed by atoms with Crippen LogP contribution in [0.5, 0.6) is 0 Å². The maximum absolute atomic E-state index is 12.7. The predicted molar refractivity (Wildman–Crippen MR) is 82.4 cm³/mol. The molecule has 0 aromatic carbocycles.